The minimum Gasteiger partial charge on any atom is -0.493 e. The van der Waals surface area contributed by atoms with Crippen LogP contribution in [0.15, 0.2) is 18.2 Å². The smallest absolute Gasteiger partial charge is 0.163 e. The summed E-state index contributed by atoms with van der Waals surface area (Å²) in [5, 5.41) is 0. The van der Waals surface area contributed by atoms with Crippen molar-refractivity contribution in [3.05, 3.63) is 18.2 Å². The quantitative estimate of drug-likeness (QED) is 0.447. The molecule has 0 unspecified atom stereocenters. The van der Waals surface area contributed by atoms with E-state index in [-0.39, 0.29) is 0 Å². The van der Waals surface area contributed by atoms with Crippen molar-refractivity contribution in [2.45, 2.75) is 6.42 Å². The standard InChI is InChI=1S/C11H13NO2/c1-3-4-7-14-11-8-9(12)5-6-10(11)13-2/h1,5-6,8H,4,7,12H2,2H3. The van der Waals surface area contributed by atoms with Crippen LogP contribution in [0.3, 0.4) is 0 Å². The van der Waals surface area contributed by atoms with Crippen LogP contribution in [0.5, 0.6) is 11.5 Å². The lowest BCUT2D eigenvalue weighted by Gasteiger charge is -2.09. The summed E-state index contributed by atoms with van der Waals surface area (Å²) in [5.74, 6) is 3.78. The van der Waals surface area contributed by atoms with Crippen molar-refractivity contribution < 1.29 is 9.47 Å². The van der Waals surface area contributed by atoms with Gasteiger partial charge >= 0.3 is 0 Å². The Hall–Kier alpha value is -1.82. The lowest BCUT2D eigenvalue weighted by Crippen LogP contribution is -1.99. The highest BCUT2D eigenvalue weighted by atomic mass is 16.5. The average Bonchev–Trinajstić information content (AvgIpc) is 2.19. The molecule has 3 nitrogen and oxygen atoms in total. The average molecular weight is 191 g/mol. The molecule has 0 spiro atoms. The summed E-state index contributed by atoms with van der Waals surface area (Å²) < 4.78 is 10.5. The van der Waals surface area contributed by atoms with Crippen molar-refractivity contribution in [2.75, 3.05) is 19.5 Å². The third-order valence-electron chi connectivity index (χ3n) is 1.69. The van der Waals surface area contributed by atoms with Gasteiger partial charge in [-0.3, -0.25) is 0 Å². The van der Waals surface area contributed by atoms with E-state index in [1.807, 2.05) is 0 Å². The van der Waals surface area contributed by atoms with Crippen LogP contribution in [0.4, 0.5) is 5.69 Å². The van der Waals surface area contributed by atoms with Gasteiger partial charge in [-0.25, -0.2) is 0 Å². The summed E-state index contributed by atoms with van der Waals surface area (Å²) >= 11 is 0. The van der Waals surface area contributed by atoms with E-state index in [1.165, 1.54) is 0 Å². The topological polar surface area (TPSA) is 44.5 Å². The van der Waals surface area contributed by atoms with Crippen molar-refractivity contribution in [1.82, 2.24) is 0 Å². The molecule has 0 heterocycles. The fraction of sp³-hybridized carbons (Fsp3) is 0.273. The van der Waals surface area contributed by atoms with Crippen LogP contribution in [0.1, 0.15) is 6.42 Å². The lowest BCUT2D eigenvalue weighted by molar-refractivity contribution is 0.302. The molecule has 14 heavy (non-hydrogen) atoms. The first-order valence-electron chi connectivity index (χ1n) is 4.27. The van der Waals surface area contributed by atoms with Gasteiger partial charge in [0.05, 0.1) is 13.7 Å². The van der Waals surface area contributed by atoms with Crippen LogP contribution in [-0.4, -0.2) is 13.7 Å². The van der Waals surface area contributed by atoms with Gasteiger partial charge in [0.1, 0.15) is 0 Å². The summed E-state index contributed by atoms with van der Waals surface area (Å²) in [6.07, 6.45) is 5.67. The van der Waals surface area contributed by atoms with Gasteiger partial charge in [-0.2, -0.15) is 0 Å². The third-order valence-corrected chi connectivity index (χ3v) is 1.69. The molecule has 74 valence electrons. The molecule has 0 bridgehead atoms. The summed E-state index contributed by atoms with van der Waals surface area (Å²) in [6, 6.07) is 5.24. The van der Waals surface area contributed by atoms with Crippen LogP contribution >= 0.6 is 0 Å². The molecule has 1 aromatic carbocycles. The Kier molecular flexibility index (Phi) is 3.69. The molecule has 0 radical (unpaired) electrons. The van der Waals surface area contributed by atoms with Gasteiger partial charge in [0, 0.05) is 18.2 Å². The Bertz CT molecular complexity index is 342. The number of rotatable bonds is 4. The number of nitrogens with two attached hydrogens (primary N) is 1. The third kappa shape index (κ3) is 2.60. The fourth-order valence-electron chi connectivity index (χ4n) is 1.03. The molecule has 0 saturated carbocycles. The Morgan fingerprint density at radius 3 is 2.86 bits per heavy atom. The molecule has 0 saturated heterocycles. The highest BCUT2D eigenvalue weighted by Gasteiger charge is 2.03. The van der Waals surface area contributed by atoms with Crippen molar-refractivity contribution in [2.24, 2.45) is 0 Å². The number of hydrogen-bond acceptors (Lipinski definition) is 3. The van der Waals surface area contributed by atoms with Gasteiger partial charge in [-0.1, -0.05) is 0 Å². The maximum Gasteiger partial charge on any atom is 0.163 e. The Morgan fingerprint density at radius 2 is 2.21 bits per heavy atom. The van der Waals surface area contributed by atoms with Crippen molar-refractivity contribution in [1.29, 1.82) is 0 Å². The molecule has 0 atom stereocenters. The zero-order valence-corrected chi connectivity index (χ0v) is 8.12. The number of benzene rings is 1. The maximum atomic E-state index is 5.61. The lowest BCUT2D eigenvalue weighted by atomic mass is 10.3. The zero-order valence-electron chi connectivity index (χ0n) is 8.12. The second kappa shape index (κ2) is 5.03. The number of nitrogen functional groups attached to an aromatic ring is 1. The minimum atomic E-state index is 0.469. The molecular weight excluding hydrogens is 178 g/mol. The molecule has 0 fully saturated rings. The van der Waals surface area contributed by atoms with Crippen LogP contribution in [0.2, 0.25) is 0 Å². The van der Waals surface area contributed by atoms with E-state index in [9.17, 15) is 0 Å². The maximum absolute atomic E-state index is 5.61. The van der Waals surface area contributed by atoms with Crippen molar-refractivity contribution >= 4 is 5.69 Å². The van der Waals surface area contributed by atoms with Crippen molar-refractivity contribution in [3.63, 3.8) is 0 Å². The molecule has 0 aliphatic carbocycles. The predicted molar refractivity (Wildman–Crippen MR) is 56.4 cm³/mol. The van der Waals surface area contributed by atoms with E-state index in [4.69, 9.17) is 21.6 Å². The molecule has 0 aromatic heterocycles. The van der Waals surface area contributed by atoms with E-state index in [2.05, 4.69) is 5.92 Å². The molecule has 0 aliphatic heterocycles. The minimum absolute atomic E-state index is 0.469. The van der Waals surface area contributed by atoms with Gasteiger partial charge < -0.3 is 15.2 Å². The van der Waals surface area contributed by atoms with E-state index in [1.54, 1.807) is 25.3 Å². The highest BCUT2D eigenvalue weighted by Crippen LogP contribution is 2.28. The second-order valence-electron chi connectivity index (χ2n) is 2.71. The van der Waals surface area contributed by atoms with Gasteiger partial charge in [0.25, 0.3) is 0 Å². The molecule has 0 aliphatic rings. The van der Waals surface area contributed by atoms with Gasteiger partial charge in [0.2, 0.25) is 0 Å². The number of hydrogen-bond donors (Lipinski definition) is 1. The molecule has 2 N–H and O–H groups in total. The van der Waals surface area contributed by atoms with E-state index in [0.717, 1.165) is 0 Å². The van der Waals surface area contributed by atoms with Gasteiger partial charge in [0.15, 0.2) is 11.5 Å². The Balaban J connectivity index is 2.73. The SMILES string of the molecule is C#CCCOc1cc(N)ccc1OC. The number of anilines is 1. The first-order chi connectivity index (χ1) is 6.77. The molecule has 0 amide bonds. The van der Waals surface area contributed by atoms with Gasteiger partial charge in [-0.15, -0.1) is 12.3 Å². The van der Waals surface area contributed by atoms with Crippen LogP contribution in [0, 0.1) is 12.3 Å². The molecule has 3 heteroatoms. The van der Waals surface area contributed by atoms with Crippen LogP contribution in [0.25, 0.3) is 0 Å². The number of terminal acetylenes is 1. The first kappa shape index (κ1) is 10.3. The molecule has 1 rings (SSSR count). The highest BCUT2D eigenvalue weighted by molar-refractivity contribution is 5.51. The summed E-state index contributed by atoms with van der Waals surface area (Å²) in [6.45, 7) is 0.469. The molecular formula is C11H13NO2. The largest absolute Gasteiger partial charge is 0.493 e. The summed E-state index contributed by atoms with van der Waals surface area (Å²) in [7, 11) is 1.58. The van der Waals surface area contributed by atoms with E-state index in [0.29, 0.717) is 30.2 Å². The molecule has 1 aromatic rings. The monoisotopic (exact) mass is 191 g/mol. The fourth-order valence-corrected chi connectivity index (χ4v) is 1.03. The van der Waals surface area contributed by atoms with E-state index < -0.39 is 0 Å². The summed E-state index contributed by atoms with van der Waals surface area (Å²) in [5.41, 5.74) is 6.25. The van der Waals surface area contributed by atoms with Gasteiger partial charge in [-0.05, 0) is 12.1 Å². The Morgan fingerprint density at radius 1 is 1.43 bits per heavy atom. The second-order valence-corrected chi connectivity index (χ2v) is 2.71. The predicted octanol–water partition coefficient (Wildman–Crippen LogP) is 1.68. The zero-order chi connectivity index (χ0) is 10.4. The Labute approximate surface area is 83.8 Å². The van der Waals surface area contributed by atoms with Crippen LogP contribution < -0.4 is 15.2 Å². The van der Waals surface area contributed by atoms with Crippen molar-refractivity contribution in [3.8, 4) is 23.8 Å². The van der Waals surface area contributed by atoms with Crippen LogP contribution in [-0.2, 0) is 0 Å². The number of methoxy groups -OCH3 is 1. The number of ether oxygens (including phenoxy) is 2. The first-order valence-corrected chi connectivity index (χ1v) is 4.27. The van der Waals surface area contributed by atoms with E-state index >= 15 is 0 Å². The summed E-state index contributed by atoms with van der Waals surface area (Å²) in [4.78, 5) is 0. The normalized spacial score (nSPS) is 9.14.